The van der Waals surface area contributed by atoms with Crippen LogP contribution in [0.25, 0.3) is 10.2 Å². The van der Waals surface area contributed by atoms with E-state index in [1.165, 1.54) is 11.3 Å². The highest BCUT2D eigenvalue weighted by molar-refractivity contribution is 9.09. The Kier molecular flexibility index (Phi) is 2.46. The van der Waals surface area contributed by atoms with Crippen molar-refractivity contribution in [2.24, 2.45) is 0 Å². The fourth-order valence-corrected chi connectivity index (χ4v) is 2.25. The van der Waals surface area contributed by atoms with E-state index in [1.54, 1.807) is 10.9 Å². The molecule has 2 heterocycles. The predicted molar refractivity (Wildman–Crippen MR) is 57.7 cm³/mol. The lowest BCUT2D eigenvalue weighted by atomic mass is 10.4. The van der Waals surface area contributed by atoms with Crippen molar-refractivity contribution in [2.45, 2.75) is 6.54 Å². The van der Waals surface area contributed by atoms with E-state index in [-0.39, 0.29) is 5.56 Å². The van der Waals surface area contributed by atoms with Crippen LogP contribution in [-0.2, 0) is 6.54 Å². The molecule has 5 heteroatoms. The van der Waals surface area contributed by atoms with Crippen LogP contribution in [0.3, 0.4) is 0 Å². The Morgan fingerprint density at radius 3 is 3.23 bits per heavy atom. The molecule has 0 saturated carbocycles. The summed E-state index contributed by atoms with van der Waals surface area (Å²) in [6.07, 6.45) is 1.60. The van der Waals surface area contributed by atoms with E-state index in [0.29, 0.717) is 11.9 Å². The third-order valence-corrected chi connectivity index (χ3v) is 2.95. The van der Waals surface area contributed by atoms with E-state index in [2.05, 4.69) is 20.9 Å². The molecule has 0 amide bonds. The number of aromatic nitrogens is 2. The van der Waals surface area contributed by atoms with Gasteiger partial charge in [-0.05, 0) is 11.4 Å². The minimum atomic E-state index is 0.0469. The number of rotatable bonds is 2. The Hall–Kier alpha value is -0.680. The average molecular weight is 259 g/mol. The van der Waals surface area contributed by atoms with E-state index in [4.69, 9.17) is 0 Å². The normalized spacial score (nSPS) is 10.8. The quantitative estimate of drug-likeness (QED) is 0.771. The number of aryl methyl sites for hydroxylation is 1. The zero-order chi connectivity index (χ0) is 9.26. The minimum Gasteiger partial charge on any atom is -0.298 e. The largest absolute Gasteiger partial charge is 0.298 e. The molecule has 13 heavy (non-hydrogen) atoms. The lowest BCUT2D eigenvalue weighted by molar-refractivity contribution is 0.729. The van der Waals surface area contributed by atoms with E-state index < -0.39 is 0 Å². The third kappa shape index (κ3) is 1.53. The van der Waals surface area contributed by atoms with Gasteiger partial charge < -0.3 is 0 Å². The molecule has 0 aromatic carbocycles. The number of hydrogen-bond donors (Lipinski definition) is 0. The highest BCUT2D eigenvalue weighted by Crippen LogP contribution is 2.13. The summed E-state index contributed by atoms with van der Waals surface area (Å²) in [4.78, 5) is 16.7. The van der Waals surface area contributed by atoms with E-state index in [0.717, 1.165) is 10.2 Å². The molecule has 68 valence electrons. The van der Waals surface area contributed by atoms with Gasteiger partial charge in [0, 0.05) is 11.9 Å². The fraction of sp³-hybridized carbons (Fsp3) is 0.250. The molecule has 0 bridgehead atoms. The summed E-state index contributed by atoms with van der Waals surface area (Å²) in [7, 11) is 0. The Balaban J connectivity index is 2.67. The highest BCUT2D eigenvalue weighted by Gasteiger charge is 2.03. The van der Waals surface area contributed by atoms with Crippen molar-refractivity contribution < 1.29 is 0 Å². The smallest absolute Gasteiger partial charge is 0.262 e. The van der Waals surface area contributed by atoms with Crippen LogP contribution in [0.5, 0.6) is 0 Å². The topological polar surface area (TPSA) is 34.9 Å². The number of nitrogens with zero attached hydrogens (tertiary/aromatic N) is 2. The fourth-order valence-electron chi connectivity index (χ4n) is 1.14. The SMILES string of the molecule is O=c1c2ccsc2ncn1CCBr. The molecule has 0 unspecified atom stereocenters. The Morgan fingerprint density at radius 2 is 2.46 bits per heavy atom. The molecular weight excluding hydrogens is 252 g/mol. The predicted octanol–water partition coefficient (Wildman–Crippen LogP) is 1.85. The zero-order valence-corrected chi connectivity index (χ0v) is 9.14. The van der Waals surface area contributed by atoms with Gasteiger partial charge >= 0.3 is 0 Å². The first kappa shape index (κ1) is 8.90. The van der Waals surface area contributed by atoms with Crippen molar-refractivity contribution in [3.8, 4) is 0 Å². The molecule has 0 N–H and O–H groups in total. The van der Waals surface area contributed by atoms with Crippen LogP contribution in [0.2, 0.25) is 0 Å². The second kappa shape index (κ2) is 3.59. The lowest BCUT2D eigenvalue weighted by Gasteiger charge is -2.00. The molecule has 0 radical (unpaired) electrons. The van der Waals surface area contributed by atoms with Crippen molar-refractivity contribution in [1.29, 1.82) is 0 Å². The molecule has 0 atom stereocenters. The van der Waals surface area contributed by atoms with Crippen molar-refractivity contribution in [2.75, 3.05) is 5.33 Å². The summed E-state index contributed by atoms with van der Waals surface area (Å²) in [5.74, 6) is 0. The first-order valence-electron chi connectivity index (χ1n) is 3.81. The second-order valence-corrected chi connectivity index (χ2v) is 4.26. The standard InChI is InChI=1S/C8H7BrN2OS/c9-2-3-11-5-10-7-6(8(11)12)1-4-13-7/h1,4-5H,2-3H2. The number of halogens is 1. The van der Waals surface area contributed by atoms with Crippen LogP contribution in [0, 0.1) is 0 Å². The third-order valence-electron chi connectivity index (χ3n) is 1.78. The van der Waals surface area contributed by atoms with Crippen LogP contribution < -0.4 is 5.56 Å². The minimum absolute atomic E-state index is 0.0469. The molecule has 0 aliphatic rings. The van der Waals surface area contributed by atoms with Crippen LogP contribution in [0.15, 0.2) is 22.6 Å². The van der Waals surface area contributed by atoms with Crippen molar-refractivity contribution >= 4 is 37.5 Å². The molecule has 0 aliphatic carbocycles. The van der Waals surface area contributed by atoms with Gasteiger partial charge in [0.25, 0.3) is 5.56 Å². The Labute approximate surface area is 87.2 Å². The Morgan fingerprint density at radius 1 is 1.62 bits per heavy atom. The van der Waals surface area contributed by atoms with Crippen LogP contribution in [0.1, 0.15) is 0 Å². The maximum atomic E-state index is 11.7. The van der Waals surface area contributed by atoms with Crippen molar-refractivity contribution in [3.05, 3.63) is 28.1 Å². The van der Waals surface area contributed by atoms with E-state index >= 15 is 0 Å². The monoisotopic (exact) mass is 258 g/mol. The van der Waals surface area contributed by atoms with Gasteiger partial charge in [0.2, 0.25) is 0 Å². The highest BCUT2D eigenvalue weighted by atomic mass is 79.9. The number of thiophene rings is 1. The lowest BCUT2D eigenvalue weighted by Crippen LogP contribution is -2.20. The maximum absolute atomic E-state index is 11.7. The van der Waals surface area contributed by atoms with Gasteiger partial charge in [-0.25, -0.2) is 4.98 Å². The van der Waals surface area contributed by atoms with Crippen LogP contribution >= 0.6 is 27.3 Å². The summed E-state index contributed by atoms with van der Waals surface area (Å²) in [6, 6.07) is 1.82. The molecule has 0 fully saturated rings. The van der Waals surface area contributed by atoms with Crippen molar-refractivity contribution in [1.82, 2.24) is 9.55 Å². The molecule has 3 nitrogen and oxygen atoms in total. The molecule has 0 spiro atoms. The molecule has 0 aliphatic heterocycles. The first-order chi connectivity index (χ1) is 6.33. The summed E-state index contributed by atoms with van der Waals surface area (Å²) < 4.78 is 1.61. The summed E-state index contributed by atoms with van der Waals surface area (Å²) in [5.41, 5.74) is 0.0469. The number of fused-ring (bicyclic) bond motifs is 1. The maximum Gasteiger partial charge on any atom is 0.262 e. The summed E-state index contributed by atoms with van der Waals surface area (Å²) >= 11 is 4.78. The van der Waals surface area contributed by atoms with Crippen LogP contribution in [0.4, 0.5) is 0 Å². The van der Waals surface area contributed by atoms with Gasteiger partial charge in [0.1, 0.15) is 4.83 Å². The molecule has 2 aromatic rings. The summed E-state index contributed by atoms with van der Waals surface area (Å²) in [6.45, 7) is 0.664. The van der Waals surface area contributed by atoms with Gasteiger partial charge in [-0.15, -0.1) is 11.3 Å². The molecule has 2 rings (SSSR count). The Bertz CT molecular complexity index is 476. The second-order valence-electron chi connectivity index (χ2n) is 2.57. The molecule has 0 saturated heterocycles. The molecule has 2 aromatic heterocycles. The zero-order valence-electron chi connectivity index (χ0n) is 6.74. The molecular formula is C8H7BrN2OS. The summed E-state index contributed by atoms with van der Waals surface area (Å²) in [5, 5.41) is 3.37. The van der Waals surface area contributed by atoms with Gasteiger partial charge in [-0.3, -0.25) is 9.36 Å². The van der Waals surface area contributed by atoms with Gasteiger partial charge in [0.05, 0.1) is 11.7 Å². The van der Waals surface area contributed by atoms with Gasteiger partial charge in [0.15, 0.2) is 0 Å². The van der Waals surface area contributed by atoms with E-state index in [9.17, 15) is 4.79 Å². The first-order valence-corrected chi connectivity index (χ1v) is 5.81. The van der Waals surface area contributed by atoms with E-state index in [1.807, 2.05) is 11.4 Å². The van der Waals surface area contributed by atoms with Crippen LogP contribution in [-0.4, -0.2) is 14.9 Å². The number of hydrogen-bond acceptors (Lipinski definition) is 3. The number of alkyl halides is 1. The average Bonchev–Trinajstić information content (AvgIpc) is 2.58. The van der Waals surface area contributed by atoms with Gasteiger partial charge in [-0.1, -0.05) is 15.9 Å². The van der Waals surface area contributed by atoms with Gasteiger partial charge in [-0.2, -0.15) is 0 Å². The van der Waals surface area contributed by atoms with Crippen molar-refractivity contribution in [3.63, 3.8) is 0 Å².